The normalized spacial score (nSPS) is 12.3. The Morgan fingerprint density at radius 3 is 2.58 bits per heavy atom. The molecule has 0 heterocycles. The molecule has 0 aliphatic rings. The Balaban J connectivity index is 2.38. The molecule has 0 N–H and O–H groups in total. The fourth-order valence-electron chi connectivity index (χ4n) is 1.10. The summed E-state index contributed by atoms with van der Waals surface area (Å²) in [6, 6.07) is 10.4. The van der Waals surface area contributed by atoms with Gasteiger partial charge in [0.15, 0.2) is 0 Å². The van der Waals surface area contributed by atoms with Crippen LogP contribution in [0.15, 0.2) is 43.0 Å². The van der Waals surface area contributed by atoms with Gasteiger partial charge in [0.1, 0.15) is 0 Å². The number of allylic oxidation sites excluding steroid dienone is 1. The van der Waals surface area contributed by atoms with E-state index >= 15 is 0 Å². The molecule has 1 aromatic carbocycles. The Bertz CT molecular complexity index is 228. The third-order valence-electron chi connectivity index (χ3n) is 1.91. The highest BCUT2D eigenvalue weighted by Crippen LogP contribution is 2.11. The zero-order chi connectivity index (χ0) is 8.81. The number of rotatable bonds is 4. The minimum Gasteiger partial charge on any atom is -0.104 e. The Labute approximate surface area is 75.7 Å². The SMILES string of the molecule is [B][C@H](C=C)CCc1ccccc1. The molecule has 0 unspecified atom stereocenters. The lowest BCUT2D eigenvalue weighted by molar-refractivity contribution is 0.841. The summed E-state index contributed by atoms with van der Waals surface area (Å²) in [5, 5.41) is 0. The van der Waals surface area contributed by atoms with Crippen molar-refractivity contribution < 1.29 is 0 Å². The van der Waals surface area contributed by atoms with E-state index in [1.807, 2.05) is 6.07 Å². The van der Waals surface area contributed by atoms with Crippen LogP contribution in [-0.2, 0) is 6.42 Å². The van der Waals surface area contributed by atoms with E-state index in [-0.39, 0.29) is 5.82 Å². The van der Waals surface area contributed by atoms with Crippen LogP contribution < -0.4 is 0 Å². The van der Waals surface area contributed by atoms with Gasteiger partial charge in [-0.1, -0.05) is 48.6 Å². The van der Waals surface area contributed by atoms with Gasteiger partial charge < -0.3 is 0 Å². The van der Waals surface area contributed by atoms with E-state index in [0.29, 0.717) is 0 Å². The molecule has 0 saturated carbocycles. The fourth-order valence-corrected chi connectivity index (χ4v) is 1.10. The molecule has 0 saturated heterocycles. The molecule has 12 heavy (non-hydrogen) atoms. The first-order valence-electron chi connectivity index (χ1n) is 4.25. The summed E-state index contributed by atoms with van der Waals surface area (Å²) in [6.07, 6.45) is 3.81. The summed E-state index contributed by atoms with van der Waals surface area (Å²) in [4.78, 5) is 0. The minimum atomic E-state index is 0.130. The van der Waals surface area contributed by atoms with E-state index < -0.39 is 0 Å². The standard InChI is InChI=1S/C11H13B/c1-2-11(12)9-8-10-6-4-3-5-7-10/h2-7,11H,1,8-9H2/t11-/m1/s1. The van der Waals surface area contributed by atoms with E-state index in [2.05, 4.69) is 30.8 Å². The van der Waals surface area contributed by atoms with Gasteiger partial charge in [-0.15, -0.1) is 6.58 Å². The smallest absolute Gasteiger partial charge is 0.0755 e. The monoisotopic (exact) mass is 156 g/mol. The second kappa shape index (κ2) is 4.81. The molecule has 1 heteroatoms. The van der Waals surface area contributed by atoms with E-state index in [0.717, 1.165) is 12.8 Å². The van der Waals surface area contributed by atoms with Crippen molar-refractivity contribution in [2.45, 2.75) is 18.7 Å². The second-order valence-electron chi connectivity index (χ2n) is 2.92. The topological polar surface area (TPSA) is 0 Å². The van der Waals surface area contributed by atoms with E-state index in [1.165, 1.54) is 5.56 Å². The quantitative estimate of drug-likeness (QED) is 0.464. The summed E-state index contributed by atoms with van der Waals surface area (Å²) < 4.78 is 0. The lowest BCUT2D eigenvalue weighted by Gasteiger charge is -2.04. The molecule has 0 aliphatic heterocycles. The first-order chi connectivity index (χ1) is 5.83. The highest BCUT2D eigenvalue weighted by atomic mass is 14.0. The molecule has 0 spiro atoms. The summed E-state index contributed by atoms with van der Waals surface area (Å²) in [7, 11) is 5.70. The van der Waals surface area contributed by atoms with Gasteiger partial charge in [-0.2, -0.15) is 0 Å². The van der Waals surface area contributed by atoms with Gasteiger partial charge in [-0.05, 0) is 12.0 Å². The van der Waals surface area contributed by atoms with Crippen molar-refractivity contribution in [3.8, 4) is 0 Å². The molecule has 1 atom stereocenters. The van der Waals surface area contributed by atoms with Gasteiger partial charge in [0.05, 0.1) is 7.85 Å². The molecular weight excluding hydrogens is 143 g/mol. The predicted molar refractivity (Wildman–Crippen MR) is 54.5 cm³/mol. The summed E-state index contributed by atoms with van der Waals surface area (Å²) in [5.74, 6) is 0.130. The minimum absolute atomic E-state index is 0.130. The fraction of sp³-hybridized carbons (Fsp3) is 0.273. The summed E-state index contributed by atoms with van der Waals surface area (Å²) in [6.45, 7) is 3.65. The largest absolute Gasteiger partial charge is 0.104 e. The lowest BCUT2D eigenvalue weighted by Crippen LogP contribution is -1.91. The van der Waals surface area contributed by atoms with Crippen LogP contribution in [0.25, 0.3) is 0 Å². The van der Waals surface area contributed by atoms with E-state index in [1.54, 1.807) is 6.08 Å². The molecule has 0 aliphatic carbocycles. The zero-order valence-electron chi connectivity index (χ0n) is 7.24. The van der Waals surface area contributed by atoms with E-state index in [9.17, 15) is 0 Å². The molecule has 1 rings (SSSR count). The van der Waals surface area contributed by atoms with Crippen molar-refractivity contribution in [2.24, 2.45) is 0 Å². The van der Waals surface area contributed by atoms with Gasteiger partial charge in [0.2, 0.25) is 0 Å². The van der Waals surface area contributed by atoms with Gasteiger partial charge >= 0.3 is 0 Å². The van der Waals surface area contributed by atoms with Crippen molar-refractivity contribution in [2.75, 3.05) is 0 Å². The molecular formula is C11H13B. The van der Waals surface area contributed by atoms with Crippen LogP contribution in [0.1, 0.15) is 12.0 Å². The number of hydrogen-bond donors (Lipinski definition) is 0. The molecule has 1 aromatic rings. The molecule has 60 valence electrons. The Kier molecular flexibility index (Phi) is 3.66. The Morgan fingerprint density at radius 2 is 2.00 bits per heavy atom. The average molecular weight is 156 g/mol. The second-order valence-corrected chi connectivity index (χ2v) is 2.92. The number of benzene rings is 1. The molecule has 2 radical (unpaired) electrons. The molecule has 0 nitrogen and oxygen atoms in total. The maximum Gasteiger partial charge on any atom is 0.0755 e. The molecule has 0 fully saturated rings. The van der Waals surface area contributed by atoms with Crippen LogP contribution in [0.4, 0.5) is 0 Å². The number of hydrogen-bond acceptors (Lipinski definition) is 0. The third-order valence-corrected chi connectivity index (χ3v) is 1.91. The maximum absolute atomic E-state index is 5.70. The first-order valence-corrected chi connectivity index (χ1v) is 4.25. The summed E-state index contributed by atoms with van der Waals surface area (Å²) in [5.41, 5.74) is 1.34. The molecule has 0 bridgehead atoms. The molecule has 0 amide bonds. The van der Waals surface area contributed by atoms with Crippen LogP contribution in [-0.4, -0.2) is 7.85 Å². The average Bonchev–Trinajstić information content (AvgIpc) is 2.16. The Morgan fingerprint density at radius 1 is 1.33 bits per heavy atom. The summed E-state index contributed by atoms with van der Waals surface area (Å²) >= 11 is 0. The van der Waals surface area contributed by atoms with Crippen molar-refractivity contribution in [1.29, 1.82) is 0 Å². The van der Waals surface area contributed by atoms with Crippen LogP contribution in [0.3, 0.4) is 0 Å². The van der Waals surface area contributed by atoms with Crippen molar-refractivity contribution in [3.05, 3.63) is 48.6 Å². The maximum atomic E-state index is 5.70. The molecule has 0 aromatic heterocycles. The first kappa shape index (κ1) is 9.12. The Hall–Kier alpha value is -0.975. The van der Waals surface area contributed by atoms with Crippen molar-refractivity contribution >= 4 is 7.85 Å². The van der Waals surface area contributed by atoms with Crippen LogP contribution in [0.5, 0.6) is 0 Å². The number of aryl methyl sites for hydroxylation is 1. The van der Waals surface area contributed by atoms with Crippen molar-refractivity contribution in [3.63, 3.8) is 0 Å². The van der Waals surface area contributed by atoms with E-state index in [4.69, 9.17) is 7.85 Å². The van der Waals surface area contributed by atoms with Crippen LogP contribution in [0.2, 0.25) is 5.82 Å². The lowest BCUT2D eigenvalue weighted by atomic mass is 9.83. The highest BCUT2D eigenvalue weighted by Gasteiger charge is 1.96. The van der Waals surface area contributed by atoms with Gasteiger partial charge in [0, 0.05) is 0 Å². The van der Waals surface area contributed by atoms with Gasteiger partial charge in [0.25, 0.3) is 0 Å². The highest BCUT2D eigenvalue weighted by molar-refractivity contribution is 6.12. The van der Waals surface area contributed by atoms with Crippen LogP contribution >= 0.6 is 0 Å². The predicted octanol–water partition coefficient (Wildman–Crippen LogP) is 2.76. The van der Waals surface area contributed by atoms with Crippen molar-refractivity contribution in [1.82, 2.24) is 0 Å². The third kappa shape index (κ3) is 2.95. The zero-order valence-corrected chi connectivity index (χ0v) is 7.24. The van der Waals surface area contributed by atoms with Crippen LogP contribution in [0, 0.1) is 0 Å². The van der Waals surface area contributed by atoms with Gasteiger partial charge in [-0.25, -0.2) is 0 Å². The van der Waals surface area contributed by atoms with Gasteiger partial charge in [-0.3, -0.25) is 0 Å².